The van der Waals surface area contributed by atoms with Crippen LogP contribution in [0.3, 0.4) is 0 Å². The van der Waals surface area contributed by atoms with Gasteiger partial charge in [-0.1, -0.05) is 0 Å². The Kier molecular flexibility index (Phi) is 5.79. The highest BCUT2D eigenvalue weighted by Crippen LogP contribution is 2.23. The average molecular weight is 404 g/mol. The van der Waals surface area contributed by atoms with E-state index in [1.54, 1.807) is 19.5 Å². The second-order valence-corrected chi connectivity index (χ2v) is 7.26. The third-order valence-corrected chi connectivity index (χ3v) is 5.40. The first-order valence-corrected chi connectivity index (χ1v) is 9.97. The number of anilines is 1. The highest BCUT2D eigenvalue weighted by atomic mass is 16.5. The summed E-state index contributed by atoms with van der Waals surface area (Å²) in [4.78, 5) is 31.6. The second kappa shape index (κ2) is 8.82. The van der Waals surface area contributed by atoms with E-state index in [1.807, 2.05) is 64.2 Å². The van der Waals surface area contributed by atoms with Crippen LogP contribution in [-0.2, 0) is 4.79 Å². The van der Waals surface area contributed by atoms with Gasteiger partial charge >= 0.3 is 0 Å². The van der Waals surface area contributed by atoms with Crippen molar-refractivity contribution in [3.8, 4) is 11.4 Å². The van der Waals surface area contributed by atoms with Crippen LogP contribution in [0.1, 0.15) is 23.3 Å². The first-order valence-electron chi connectivity index (χ1n) is 9.97. The molecule has 2 amide bonds. The summed E-state index contributed by atoms with van der Waals surface area (Å²) >= 11 is 0. The number of rotatable bonds is 5. The van der Waals surface area contributed by atoms with Gasteiger partial charge in [0.1, 0.15) is 11.4 Å². The average Bonchev–Trinajstić information content (AvgIpc) is 3.30. The van der Waals surface area contributed by atoms with E-state index in [0.717, 1.165) is 17.1 Å². The van der Waals surface area contributed by atoms with Crippen LogP contribution in [0.5, 0.6) is 5.75 Å². The van der Waals surface area contributed by atoms with Gasteiger partial charge in [0.15, 0.2) is 0 Å². The van der Waals surface area contributed by atoms with Gasteiger partial charge < -0.3 is 19.5 Å². The Morgan fingerprint density at radius 1 is 1.07 bits per heavy atom. The minimum absolute atomic E-state index is 0.00833. The Morgan fingerprint density at radius 3 is 2.50 bits per heavy atom. The Morgan fingerprint density at radius 2 is 1.83 bits per heavy atom. The van der Waals surface area contributed by atoms with E-state index in [0.29, 0.717) is 31.6 Å². The minimum atomic E-state index is -0.110. The van der Waals surface area contributed by atoms with Crippen molar-refractivity contribution in [2.45, 2.75) is 12.8 Å². The summed E-state index contributed by atoms with van der Waals surface area (Å²) in [6.45, 7) is 1.11. The van der Waals surface area contributed by atoms with Gasteiger partial charge in [-0.2, -0.15) is 0 Å². The van der Waals surface area contributed by atoms with Crippen LogP contribution in [0.2, 0.25) is 0 Å². The predicted octanol–water partition coefficient (Wildman–Crippen LogP) is 3.37. The van der Waals surface area contributed by atoms with Crippen molar-refractivity contribution in [2.75, 3.05) is 25.5 Å². The van der Waals surface area contributed by atoms with Crippen molar-refractivity contribution in [3.63, 3.8) is 0 Å². The van der Waals surface area contributed by atoms with E-state index in [4.69, 9.17) is 4.74 Å². The summed E-state index contributed by atoms with van der Waals surface area (Å²) < 4.78 is 6.98. The molecular formula is C23H24N4O3. The number of piperidine rings is 1. The highest BCUT2D eigenvalue weighted by molar-refractivity contribution is 5.95. The van der Waals surface area contributed by atoms with Gasteiger partial charge in [0.25, 0.3) is 5.91 Å². The Balaban J connectivity index is 1.36. The monoisotopic (exact) mass is 404 g/mol. The lowest BCUT2D eigenvalue weighted by Gasteiger charge is -2.31. The van der Waals surface area contributed by atoms with E-state index >= 15 is 0 Å². The predicted molar refractivity (Wildman–Crippen MR) is 114 cm³/mol. The fraction of sp³-hybridized carbons (Fsp3) is 0.261. The van der Waals surface area contributed by atoms with Gasteiger partial charge in [0.05, 0.1) is 19.0 Å². The molecule has 2 aromatic heterocycles. The molecule has 0 spiro atoms. The van der Waals surface area contributed by atoms with Crippen LogP contribution in [0, 0.1) is 5.92 Å². The van der Waals surface area contributed by atoms with Crippen molar-refractivity contribution in [2.24, 2.45) is 5.92 Å². The molecular weight excluding hydrogens is 380 g/mol. The number of hydrogen-bond acceptors (Lipinski definition) is 4. The van der Waals surface area contributed by atoms with Crippen molar-refractivity contribution in [3.05, 3.63) is 72.8 Å². The number of carbonyl (C=O) groups is 2. The first kappa shape index (κ1) is 19.7. The molecule has 154 valence electrons. The summed E-state index contributed by atoms with van der Waals surface area (Å²) in [5.41, 5.74) is 2.19. The van der Waals surface area contributed by atoms with Crippen molar-refractivity contribution < 1.29 is 14.3 Å². The third-order valence-electron chi connectivity index (χ3n) is 5.40. The van der Waals surface area contributed by atoms with Gasteiger partial charge in [-0.05, 0) is 61.4 Å². The zero-order valence-electron chi connectivity index (χ0n) is 16.8. The molecule has 7 nitrogen and oxygen atoms in total. The van der Waals surface area contributed by atoms with Crippen LogP contribution < -0.4 is 10.1 Å². The van der Waals surface area contributed by atoms with E-state index in [-0.39, 0.29) is 17.7 Å². The lowest BCUT2D eigenvalue weighted by molar-refractivity contribution is -0.121. The molecule has 0 saturated carbocycles. The Hall–Kier alpha value is -3.61. The standard InChI is InChI=1S/C23H24N4O3/c1-30-20-8-6-18(7-9-20)25-22(28)17-10-14-26(15-11-17)23(29)21-5-3-13-27(21)19-4-2-12-24-16-19/h2-9,12-13,16-17H,10-11,14-15H2,1H3,(H,25,28). The normalized spacial score (nSPS) is 14.4. The third kappa shape index (κ3) is 4.20. The molecule has 1 N–H and O–H groups in total. The number of nitrogens with one attached hydrogen (secondary N) is 1. The van der Waals surface area contributed by atoms with Crippen molar-refractivity contribution >= 4 is 17.5 Å². The van der Waals surface area contributed by atoms with E-state index < -0.39 is 0 Å². The Labute approximate surface area is 175 Å². The number of likely N-dealkylation sites (tertiary alicyclic amines) is 1. The van der Waals surface area contributed by atoms with E-state index in [1.165, 1.54) is 0 Å². The van der Waals surface area contributed by atoms with Gasteiger partial charge in [-0.25, -0.2) is 0 Å². The number of carbonyl (C=O) groups excluding carboxylic acids is 2. The van der Waals surface area contributed by atoms with Crippen LogP contribution in [-0.4, -0.2) is 46.5 Å². The topological polar surface area (TPSA) is 76.5 Å². The molecule has 3 aromatic rings. The molecule has 4 rings (SSSR count). The fourth-order valence-electron chi connectivity index (χ4n) is 3.70. The van der Waals surface area contributed by atoms with Crippen LogP contribution in [0.4, 0.5) is 5.69 Å². The van der Waals surface area contributed by atoms with Crippen molar-refractivity contribution in [1.29, 1.82) is 0 Å². The number of nitrogens with zero attached hydrogens (tertiary/aromatic N) is 3. The van der Waals surface area contributed by atoms with E-state index in [2.05, 4.69) is 10.3 Å². The lowest BCUT2D eigenvalue weighted by Crippen LogP contribution is -2.42. The van der Waals surface area contributed by atoms with E-state index in [9.17, 15) is 9.59 Å². The summed E-state index contributed by atoms with van der Waals surface area (Å²) in [6, 6.07) is 14.7. The molecule has 0 aliphatic carbocycles. The maximum atomic E-state index is 13.1. The number of amides is 2. The Bertz CT molecular complexity index is 1010. The van der Waals surface area contributed by atoms with Gasteiger partial charge in [-0.15, -0.1) is 0 Å². The zero-order valence-corrected chi connectivity index (χ0v) is 16.8. The lowest BCUT2D eigenvalue weighted by atomic mass is 9.95. The SMILES string of the molecule is COc1ccc(NC(=O)C2CCN(C(=O)c3cccn3-c3cccnc3)CC2)cc1. The number of hydrogen-bond donors (Lipinski definition) is 1. The number of ether oxygens (including phenoxy) is 1. The molecule has 1 fully saturated rings. The summed E-state index contributed by atoms with van der Waals surface area (Å²) in [6.07, 6.45) is 6.57. The maximum absolute atomic E-state index is 13.1. The number of pyridine rings is 1. The van der Waals surface area contributed by atoms with Crippen LogP contribution in [0.15, 0.2) is 67.1 Å². The molecule has 1 aliphatic heterocycles. The molecule has 3 heterocycles. The first-order chi connectivity index (χ1) is 14.7. The van der Waals surface area contributed by atoms with Crippen LogP contribution >= 0.6 is 0 Å². The largest absolute Gasteiger partial charge is 0.497 e. The molecule has 1 saturated heterocycles. The molecule has 1 aliphatic rings. The smallest absolute Gasteiger partial charge is 0.270 e. The number of methoxy groups -OCH3 is 1. The van der Waals surface area contributed by atoms with Gasteiger partial charge in [0.2, 0.25) is 5.91 Å². The fourth-order valence-corrected chi connectivity index (χ4v) is 3.70. The summed E-state index contributed by atoms with van der Waals surface area (Å²) in [7, 11) is 1.61. The van der Waals surface area contributed by atoms with Gasteiger partial charge in [-0.3, -0.25) is 14.6 Å². The van der Waals surface area contributed by atoms with Gasteiger partial charge in [0, 0.05) is 37.1 Å². The second-order valence-electron chi connectivity index (χ2n) is 7.26. The zero-order chi connectivity index (χ0) is 20.9. The summed E-state index contributed by atoms with van der Waals surface area (Å²) in [5.74, 6) is 0.598. The molecule has 0 atom stereocenters. The molecule has 0 unspecified atom stereocenters. The summed E-state index contributed by atoms with van der Waals surface area (Å²) in [5, 5.41) is 2.96. The van der Waals surface area contributed by atoms with Crippen LogP contribution in [0.25, 0.3) is 5.69 Å². The maximum Gasteiger partial charge on any atom is 0.270 e. The molecule has 0 radical (unpaired) electrons. The molecule has 1 aromatic carbocycles. The highest BCUT2D eigenvalue weighted by Gasteiger charge is 2.29. The molecule has 7 heteroatoms. The molecule has 0 bridgehead atoms. The number of aromatic nitrogens is 2. The quantitative estimate of drug-likeness (QED) is 0.707. The number of benzene rings is 1. The minimum Gasteiger partial charge on any atom is -0.497 e. The van der Waals surface area contributed by atoms with Crippen molar-refractivity contribution in [1.82, 2.24) is 14.5 Å². The molecule has 30 heavy (non-hydrogen) atoms.